The predicted molar refractivity (Wildman–Crippen MR) is 124 cm³/mol. The quantitative estimate of drug-likeness (QED) is 0.309. The van der Waals surface area contributed by atoms with Crippen LogP contribution in [0.4, 0.5) is 0 Å². The zero-order valence-electron chi connectivity index (χ0n) is 15.6. The molecule has 0 saturated carbocycles. The van der Waals surface area contributed by atoms with Gasteiger partial charge in [-0.1, -0.05) is 29.8 Å². The number of rotatable bonds is 6. The van der Waals surface area contributed by atoms with Gasteiger partial charge in [0.25, 0.3) is 0 Å². The normalized spacial score (nSPS) is 11.3. The van der Waals surface area contributed by atoms with Crippen LogP contribution in [0.15, 0.2) is 53.8 Å². The second-order valence-electron chi connectivity index (χ2n) is 6.21. The zero-order valence-corrected chi connectivity index (χ0v) is 18.7. The fourth-order valence-corrected chi connectivity index (χ4v) is 3.09. The Labute approximate surface area is 182 Å². The molecule has 2 N–H and O–H groups in total. The molecule has 144 valence electrons. The highest BCUT2D eigenvalue weighted by atomic mass is 127. The van der Waals surface area contributed by atoms with E-state index in [1.807, 2.05) is 30.5 Å². The smallest absolute Gasteiger partial charge is 0.190 e. The molecule has 3 rings (SSSR count). The second kappa shape index (κ2) is 10.5. The van der Waals surface area contributed by atoms with E-state index in [0.717, 1.165) is 48.3 Å². The van der Waals surface area contributed by atoms with E-state index in [1.54, 1.807) is 7.05 Å². The SMILES string of the molecule is CN=C(NCCc1cccc(Cl)c1)NCCc1cn2cccc(C)c2n1.I. The van der Waals surface area contributed by atoms with Crippen molar-refractivity contribution in [2.45, 2.75) is 19.8 Å². The van der Waals surface area contributed by atoms with Crippen LogP contribution in [0.2, 0.25) is 5.02 Å². The maximum absolute atomic E-state index is 6.02. The summed E-state index contributed by atoms with van der Waals surface area (Å²) in [6, 6.07) is 12.1. The van der Waals surface area contributed by atoms with Gasteiger partial charge in [-0.05, 0) is 42.7 Å². The molecule has 1 aromatic carbocycles. The molecule has 2 aromatic heterocycles. The third-order valence-corrected chi connectivity index (χ3v) is 4.46. The number of benzene rings is 1. The van der Waals surface area contributed by atoms with Gasteiger partial charge in [-0.3, -0.25) is 4.99 Å². The van der Waals surface area contributed by atoms with E-state index in [1.165, 1.54) is 11.1 Å². The van der Waals surface area contributed by atoms with Crippen molar-refractivity contribution < 1.29 is 0 Å². The summed E-state index contributed by atoms with van der Waals surface area (Å²) in [4.78, 5) is 8.96. The molecular formula is C20H25ClIN5. The highest BCUT2D eigenvalue weighted by Crippen LogP contribution is 2.11. The van der Waals surface area contributed by atoms with Crippen molar-refractivity contribution in [3.05, 3.63) is 70.6 Å². The van der Waals surface area contributed by atoms with Crippen LogP contribution in [0, 0.1) is 6.92 Å². The molecule has 2 heterocycles. The van der Waals surface area contributed by atoms with Crippen molar-refractivity contribution in [3.63, 3.8) is 0 Å². The fourth-order valence-electron chi connectivity index (χ4n) is 2.87. The van der Waals surface area contributed by atoms with E-state index in [2.05, 4.69) is 45.3 Å². The first-order valence-corrected chi connectivity index (χ1v) is 9.15. The monoisotopic (exact) mass is 497 g/mol. The van der Waals surface area contributed by atoms with E-state index in [9.17, 15) is 0 Å². The molecule has 0 aliphatic rings. The summed E-state index contributed by atoms with van der Waals surface area (Å²) in [7, 11) is 1.78. The average Bonchev–Trinajstić information content (AvgIpc) is 3.05. The summed E-state index contributed by atoms with van der Waals surface area (Å²) in [6.45, 7) is 3.66. The number of guanidine groups is 1. The molecule has 0 unspecified atom stereocenters. The molecule has 0 amide bonds. The van der Waals surface area contributed by atoms with Gasteiger partial charge in [0.2, 0.25) is 0 Å². The number of hydrogen-bond acceptors (Lipinski definition) is 2. The Kier molecular flexibility index (Phi) is 8.37. The maximum Gasteiger partial charge on any atom is 0.190 e. The lowest BCUT2D eigenvalue weighted by Gasteiger charge is -2.11. The van der Waals surface area contributed by atoms with Gasteiger partial charge in [0.15, 0.2) is 5.96 Å². The number of imidazole rings is 1. The summed E-state index contributed by atoms with van der Waals surface area (Å²) >= 11 is 6.02. The molecule has 0 aliphatic carbocycles. The molecule has 0 saturated heterocycles. The summed E-state index contributed by atoms with van der Waals surface area (Å²) in [5, 5.41) is 7.44. The minimum atomic E-state index is 0. The lowest BCUT2D eigenvalue weighted by Crippen LogP contribution is -2.39. The van der Waals surface area contributed by atoms with Crippen LogP contribution in [0.5, 0.6) is 0 Å². The number of nitrogens with zero attached hydrogens (tertiary/aromatic N) is 3. The van der Waals surface area contributed by atoms with E-state index < -0.39 is 0 Å². The van der Waals surface area contributed by atoms with Crippen molar-refractivity contribution in [3.8, 4) is 0 Å². The largest absolute Gasteiger partial charge is 0.356 e. The molecular weight excluding hydrogens is 473 g/mol. The molecule has 27 heavy (non-hydrogen) atoms. The van der Waals surface area contributed by atoms with Crippen LogP contribution in [-0.4, -0.2) is 35.5 Å². The standard InChI is InChI=1S/C20H24ClN5.HI/c1-15-5-4-12-26-14-18(25-19(15)26)9-11-24-20(22-2)23-10-8-16-6-3-7-17(21)13-16;/h3-7,12-14H,8-11H2,1-2H3,(H2,22,23,24);1H. The van der Waals surface area contributed by atoms with Crippen molar-refractivity contribution in [1.29, 1.82) is 0 Å². The number of nitrogens with one attached hydrogen (secondary N) is 2. The maximum atomic E-state index is 6.02. The number of fused-ring (bicyclic) bond motifs is 1. The lowest BCUT2D eigenvalue weighted by molar-refractivity contribution is 0.778. The van der Waals surface area contributed by atoms with Gasteiger partial charge >= 0.3 is 0 Å². The van der Waals surface area contributed by atoms with Gasteiger partial charge in [0.1, 0.15) is 5.65 Å². The Morgan fingerprint density at radius 2 is 1.93 bits per heavy atom. The molecule has 7 heteroatoms. The Balaban J connectivity index is 0.00000261. The van der Waals surface area contributed by atoms with E-state index in [4.69, 9.17) is 16.6 Å². The molecule has 0 fully saturated rings. The zero-order chi connectivity index (χ0) is 18.4. The van der Waals surface area contributed by atoms with Gasteiger partial charge in [0, 0.05) is 44.0 Å². The van der Waals surface area contributed by atoms with Gasteiger partial charge in [-0.25, -0.2) is 4.98 Å². The third-order valence-electron chi connectivity index (χ3n) is 4.22. The minimum absolute atomic E-state index is 0. The Hall–Kier alpha value is -1.80. The Morgan fingerprint density at radius 1 is 1.15 bits per heavy atom. The van der Waals surface area contributed by atoms with E-state index >= 15 is 0 Å². The number of halogens is 2. The highest BCUT2D eigenvalue weighted by molar-refractivity contribution is 14.0. The molecule has 5 nitrogen and oxygen atoms in total. The van der Waals surface area contributed by atoms with E-state index in [-0.39, 0.29) is 24.0 Å². The van der Waals surface area contributed by atoms with E-state index in [0.29, 0.717) is 0 Å². The summed E-state index contributed by atoms with van der Waals surface area (Å²) < 4.78 is 2.07. The van der Waals surface area contributed by atoms with Gasteiger partial charge in [-0.2, -0.15) is 0 Å². The van der Waals surface area contributed by atoms with Crippen LogP contribution < -0.4 is 10.6 Å². The van der Waals surface area contributed by atoms with Gasteiger partial charge in [0.05, 0.1) is 5.69 Å². The van der Waals surface area contributed by atoms with Crippen LogP contribution in [-0.2, 0) is 12.8 Å². The second-order valence-corrected chi connectivity index (χ2v) is 6.65. The van der Waals surface area contributed by atoms with Crippen molar-refractivity contribution in [2.24, 2.45) is 4.99 Å². The average molecular weight is 498 g/mol. The minimum Gasteiger partial charge on any atom is -0.356 e. The lowest BCUT2D eigenvalue weighted by atomic mass is 10.1. The first-order valence-electron chi connectivity index (χ1n) is 8.78. The van der Waals surface area contributed by atoms with Crippen LogP contribution in [0.3, 0.4) is 0 Å². The Morgan fingerprint density at radius 3 is 2.63 bits per heavy atom. The topological polar surface area (TPSA) is 53.7 Å². The van der Waals surface area contributed by atoms with Gasteiger partial charge in [-0.15, -0.1) is 24.0 Å². The predicted octanol–water partition coefficient (Wildman–Crippen LogP) is 3.86. The highest BCUT2D eigenvalue weighted by Gasteiger charge is 2.04. The number of aryl methyl sites for hydroxylation is 1. The summed E-state index contributed by atoms with van der Waals surface area (Å²) in [6.07, 6.45) is 5.85. The summed E-state index contributed by atoms with van der Waals surface area (Å²) in [5.41, 5.74) is 4.48. The molecule has 0 aliphatic heterocycles. The first kappa shape index (κ1) is 21.5. The number of pyridine rings is 1. The van der Waals surface area contributed by atoms with Crippen LogP contribution in [0.1, 0.15) is 16.8 Å². The molecule has 0 radical (unpaired) electrons. The van der Waals surface area contributed by atoms with Crippen LogP contribution >= 0.6 is 35.6 Å². The molecule has 3 aromatic rings. The number of aliphatic imine (C=N–C) groups is 1. The number of aromatic nitrogens is 2. The van der Waals surface area contributed by atoms with Gasteiger partial charge < -0.3 is 15.0 Å². The number of hydrogen-bond donors (Lipinski definition) is 2. The summed E-state index contributed by atoms with van der Waals surface area (Å²) in [5.74, 6) is 0.798. The molecule has 0 atom stereocenters. The third kappa shape index (κ3) is 6.10. The first-order chi connectivity index (χ1) is 12.7. The fraction of sp³-hybridized carbons (Fsp3) is 0.300. The van der Waals surface area contributed by atoms with Crippen molar-refractivity contribution >= 4 is 47.2 Å². The molecule has 0 bridgehead atoms. The Bertz CT molecular complexity index is 906. The van der Waals surface area contributed by atoms with Crippen LogP contribution in [0.25, 0.3) is 5.65 Å². The van der Waals surface area contributed by atoms with Crippen molar-refractivity contribution in [2.75, 3.05) is 20.1 Å². The molecule has 0 spiro atoms. The van der Waals surface area contributed by atoms with Crippen molar-refractivity contribution in [1.82, 2.24) is 20.0 Å².